The second kappa shape index (κ2) is 5.61. The average Bonchev–Trinajstić information content (AvgIpc) is 2.92. The van der Waals surface area contributed by atoms with E-state index >= 15 is 0 Å². The summed E-state index contributed by atoms with van der Waals surface area (Å²) in [7, 11) is 0. The van der Waals surface area contributed by atoms with Crippen LogP contribution in [0.5, 0.6) is 0 Å². The summed E-state index contributed by atoms with van der Waals surface area (Å²) in [5.41, 5.74) is 0.755. The first-order valence-corrected chi connectivity index (χ1v) is 7.43. The molecule has 1 fully saturated rings. The first kappa shape index (κ1) is 13.1. The molecule has 1 unspecified atom stereocenters. The van der Waals surface area contributed by atoms with E-state index in [-0.39, 0.29) is 6.04 Å². The second-order valence-corrected chi connectivity index (χ2v) is 5.91. The molecule has 1 atom stereocenters. The van der Waals surface area contributed by atoms with Crippen LogP contribution in [0.3, 0.4) is 0 Å². The SMILES string of the molecule is Clc1ccc(Br)cc1-c1nc(C2CCCCN2)no1. The standard InChI is InChI=1S/C13H13BrClN3O/c14-8-4-5-10(15)9(7-8)13-17-12(18-19-13)11-3-1-2-6-16-11/h4-5,7,11,16H,1-3,6H2. The summed E-state index contributed by atoms with van der Waals surface area (Å²) < 4.78 is 6.27. The van der Waals surface area contributed by atoms with Crippen molar-refractivity contribution < 1.29 is 4.52 Å². The number of piperidine rings is 1. The molecule has 1 aromatic heterocycles. The topological polar surface area (TPSA) is 51.0 Å². The van der Waals surface area contributed by atoms with Gasteiger partial charge in [0.05, 0.1) is 16.6 Å². The van der Waals surface area contributed by atoms with Gasteiger partial charge in [-0.15, -0.1) is 0 Å². The van der Waals surface area contributed by atoms with Crippen LogP contribution < -0.4 is 5.32 Å². The lowest BCUT2D eigenvalue weighted by molar-refractivity contribution is 0.367. The van der Waals surface area contributed by atoms with Gasteiger partial charge in [0.15, 0.2) is 5.82 Å². The molecular weight excluding hydrogens is 330 g/mol. The van der Waals surface area contributed by atoms with E-state index in [4.69, 9.17) is 16.1 Å². The maximum absolute atomic E-state index is 6.16. The van der Waals surface area contributed by atoms with Crippen molar-refractivity contribution in [1.82, 2.24) is 15.5 Å². The van der Waals surface area contributed by atoms with Crippen molar-refractivity contribution in [2.24, 2.45) is 0 Å². The normalized spacial score (nSPS) is 19.6. The quantitative estimate of drug-likeness (QED) is 0.897. The Morgan fingerprint density at radius 2 is 2.26 bits per heavy atom. The van der Waals surface area contributed by atoms with Crippen molar-refractivity contribution in [2.75, 3.05) is 6.54 Å². The van der Waals surface area contributed by atoms with Crippen molar-refractivity contribution in [3.05, 3.63) is 33.5 Å². The molecule has 0 radical (unpaired) electrons. The van der Waals surface area contributed by atoms with Crippen LogP contribution in [-0.4, -0.2) is 16.7 Å². The van der Waals surface area contributed by atoms with E-state index in [0.717, 1.165) is 23.0 Å². The number of hydrogen-bond acceptors (Lipinski definition) is 4. The molecule has 100 valence electrons. The molecule has 4 nitrogen and oxygen atoms in total. The third-order valence-electron chi connectivity index (χ3n) is 3.22. The molecule has 3 rings (SSSR count). The largest absolute Gasteiger partial charge is 0.334 e. The van der Waals surface area contributed by atoms with E-state index < -0.39 is 0 Å². The predicted molar refractivity (Wildman–Crippen MR) is 77.0 cm³/mol. The molecule has 0 bridgehead atoms. The third-order valence-corrected chi connectivity index (χ3v) is 4.05. The first-order chi connectivity index (χ1) is 9.24. The maximum Gasteiger partial charge on any atom is 0.259 e. The van der Waals surface area contributed by atoms with Gasteiger partial charge in [-0.05, 0) is 37.6 Å². The first-order valence-electron chi connectivity index (χ1n) is 6.26. The number of nitrogens with zero attached hydrogens (tertiary/aromatic N) is 2. The van der Waals surface area contributed by atoms with Gasteiger partial charge < -0.3 is 9.84 Å². The van der Waals surface area contributed by atoms with Crippen LogP contribution in [0.15, 0.2) is 27.2 Å². The van der Waals surface area contributed by atoms with Gasteiger partial charge in [0.1, 0.15) is 0 Å². The minimum absolute atomic E-state index is 0.192. The van der Waals surface area contributed by atoms with Crippen LogP contribution in [0, 0.1) is 0 Å². The van der Waals surface area contributed by atoms with Crippen molar-refractivity contribution in [2.45, 2.75) is 25.3 Å². The Bertz CT molecular complexity index is 581. The van der Waals surface area contributed by atoms with Gasteiger partial charge >= 0.3 is 0 Å². The van der Waals surface area contributed by atoms with E-state index in [1.807, 2.05) is 18.2 Å². The minimum Gasteiger partial charge on any atom is -0.334 e. The summed E-state index contributed by atoms with van der Waals surface area (Å²) in [5, 5.41) is 8.07. The zero-order valence-electron chi connectivity index (χ0n) is 10.2. The minimum atomic E-state index is 0.192. The van der Waals surface area contributed by atoms with Gasteiger partial charge in [-0.25, -0.2) is 0 Å². The van der Waals surface area contributed by atoms with Crippen molar-refractivity contribution >= 4 is 27.5 Å². The van der Waals surface area contributed by atoms with Gasteiger partial charge in [0, 0.05) is 4.47 Å². The van der Waals surface area contributed by atoms with Gasteiger partial charge in [-0.3, -0.25) is 0 Å². The summed E-state index contributed by atoms with van der Waals surface area (Å²) in [6.07, 6.45) is 3.45. The summed E-state index contributed by atoms with van der Waals surface area (Å²) >= 11 is 9.58. The highest BCUT2D eigenvalue weighted by atomic mass is 79.9. The average molecular weight is 343 g/mol. The number of aromatic nitrogens is 2. The lowest BCUT2D eigenvalue weighted by atomic mass is 10.0. The molecule has 6 heteroatoms. The van der Waals surface area contributed by atoms with Gasteiger partial charge in [0.2, 0.25) is 0 Å². The monoisotopic (exact) mass is 341 g/mol. The molecule has 2 heterocycles. The van der Waals surface area contributed by atoms with Crippen molar-refractivity contribution in [1.29, 1.82) is 0 Å². The van der Waals surface area contributed by atoms with Crippen LogP contribution >= 0.6 is 27.5 Å². The fourth-order valence-electron chi connectivity index (χ4n) is 2.22. The lowest BCUT2D eigenvalue weighted by Gasteiger charge is -2.19. The molecule has 1 saturated heterocycles. The van der Waals surface area contributed by atoms with E-state index in [0.29, 0.717) is 16.7 Å². The molecule has 0 amide bonds. The van der Waals surface area contributed by atoms with E-state index in [1.165, 1.54) is 12.8 Å². The molecule has 1 aliphatic rings. The Morgan fingerprint density at radius 3 is 3.05 bits per heavy atom. The smallest absolute Gasteiger partial charge is 0.259 e. The van der Waals surface area contributed by atoms with Gasteiger partial charge in [-0.1, -0.05) is 39.1 Å². The zero-order valence-corrected chi connectivity index (χ0v) is 12.5. The Kier molecular flexibility index (Phi) is 3.86. The molecule has 0 spiro atoms. The van der Waals surface area contributed by atoms with E-state index in [1.54, 1.807) is 0 Å². The summed E-state index contributed by atoms with van der Waals surface area (Å²) in [6, 6.07) is 5.76. The second-order valence-electron chi connectivity index (χ2n) is 4.58. The third kappa shape index (κ3) is 2.83. The molecular formula is C13H13BrClN3O. The fraction of sp³-hybridized carbons (Fsp3) is 0.385. The fourth-order valence-corrected chi connectivity index (χ4v) is 2.78. The molecule has 19 heavy (non-hydrogen) atoms. The van der Waals surface area contributed by atoms with Crippen LogP contribution in [-0.2, 0) is 0 Å². The summed E-state index contributed by atoms with van der Waals surface area (Å²) in [5.74, 6) is 1.18. The molecule has 1 N–H and O–H groups in total. The highest BCUT2D eigenvalue weighted by Gasteiger charge is 2.21. The predicted octanol–water partition coefficient (Wildman–Crippen LogP) is 3.97. The Balaban J connectivity index is 1.89. The van der Waals surface area contributed by atoms with Crippen LogP contribution in [0.4, 0.5) is 0 Å². The van der Waals surface area contributed by atoms with Crippen molar-refractivity contribution in [3.63, 3.8) is 0 Å². The van der Waals surface area contributed by atoms with Gasteiger partial charge in [0.25, 0.3) is 5.89 Å². The summed E-state index contributed by atoms with van der Waals surface area (Å²) in [4.78, 5) is 4.46. The molecule has 0 saturated carbocycles. The lowest BCUT2D eigenvalue weighted by Crippen LogP contribution is -2.27. The Labute approximate surface area is 124 Å². The molecule has 0 aliphatic carbocycles. The van der Waals surface area contributed by atoms with Crippen LogP contribution in [0.2, 0.25) is 5.02 Å². The van der Waals surface area contributed by atoms with Crippen LogP contribution in [0.25, 0.3) is 11.5 Å². The number of benzene rings is 1. The number of nitrogens with one attached hydrogen (secondary N) is 1. The zero-order chi connectivity index (χ0) is 13.2. The molecule has 1 aromatic carbocycles. The van der Waals surface area contributed by atoms with Gasteiger partial charge in [-0.2, -0.15) is 4.98 Å². The van der Waals surface area contributed by atoms with Crippen molar-refractivity contribution in [3.8, 4) is 11.5 Å². The number of halogens is 2. The molecule has 2 aromatic rings. The maximum atomic E-state index is 6.16. The van der Waals surface area contributed by atoms with E-state index in [9.17, 15) is 0 Å². The summed E-state index contributed by atoms with van der Waals surface area (Å²) in [6.45, 7) is 1.01. The molecule has 1 aliphatic heterocycles. The Morgan fingerprint density at radius 1 is 1.37 bits per heavy atom. The van der Waals surface area contributed by atoms with E-state index in [2.05, 4.69) is 31.4 Å². The van der Waals surface area contributed by atoms with Crippen LogP contribution in [0.1, 0.15) is 31.1 Å². The highest BCUT2D eigenvalue weighted by Crippen LogP contribution is 2.31. The highest BCUT2D eigenvalue weighted by molar-refractivity contribution is 9.10. The number of rotatable bonds is 2. The number of hydrogen-bond donors (Lipinski definition) is 1. The Hall–Kier alpha value is -0.910.